The van der Waals surface area contributed by atoms with Gasteiger partial charge in [0.05, 0.1) is 23.7 Å². The predicted molar refractivity (Wildman–Crippen MR) is 122 cm³/mol. The molecule has 2 aromatic carbocycles. The van der Waals surface area contributed by atoms with E-state index >= 15 is 0 Å². The lowest BCUT2D eigenvalue weighted by Gasteiger charge is -2.30. The number of hydrogen-bond donors (Lipinski definition) is 1. The Bertz CT molecular complexity index is 1000. The van der Waals surface area contributed by atoms with Crippen LogP contribution in [0.25, 0.3) is 0 Å². The molecule has 0 aromatic heterocycles. The number of anilines is 2. The summed E-state index contributed by atoms with van der Waals surface area (Å²) in [7, 11) is -3.68. The molecule has 2 aromatic rings. The second kappa shape index (κ2) is 9.91. The maximum Gasteiger partial charge on any atom is 0.257 e. The van der Waals surface area contributed by atoms with Crippen LogP contribution in [0.5, 0.6) is 0 Å². The fraction of sp³-hybridized carbons (Fsp3) is 0.381. The molecular formula is C21H26BrN3O4S. The largest absolute Gasteiger partial charge is 0.378 e. The molecule has 3 rings (SSSR count). The summed E-state index contributed by atoms with van der Waals surface area (Å²) < 4.78 is 33.7. The van der Waals surface area contributed by atoms with Gasteiger partial charge in [0.15, 0.2) is 0 Å². The summed E-state index contributed by atoms with van der Waals surface area (Å²) in [5.41, 5.74) is 1.65. The number of rotatable bonds is 7. The molecule has 0 unspecified atom stereocenters. The van der Waals surface area contributed by atoms with Crippen LogP contribution in [0.1, 0.15) is 24.2 Å². The zero-order valence-electron chi connectivity index (χ0n) is 17.1. The van der Waals surface area contributed by atoms with Gasteiger partial charge in [-0.3, -0.25) is 4.79 Å². The first kappa shape index (κ1) is 22.7. The summed E-state index contributed by atoms with van der Waals surface area (Å²) in [4.78, 5) is 15.3. The quantitative estimate of drug-likeness (QED) is 0.634. The normalized spacial score (nSPS) is 14.7. The van der Waals surface area contributed by atoms with E-state index < -0.39 is 10.0 Å². The van der Waals surface area contributed by atoms with Gasteiger partial charge >= 0.3 is 0 Å². The van der Waals surface area contributed by atoms with Gasteiger partial charge in [-0.25, -0.2) is 8.42 Å². The first-order chi connectivity index (χ1) is 14.4. The number of carbonyl (C=O) groups excluding carboxylic acids is 1. The highest BCUT2D eigenvalue weighted by Gasteiger charge is 2.26. The van der Waals surface area contributed by atoms with Crippen LogP contribution in [0, 0.1) is 0 Å². The minimum Gasteiger partial charge on any atom is -0.378 e. The Balaban J connectivity index is 2.02. The van der Waals surface area contributed by atoms with E-state index in [0.29, 0.717) is 56.3 Å². The third-order valence-corrected chi connectivity index (χ3v) is 7.53. The number of benzene rings is 2. The standard InChI is InChI=1S/C21H26BrN3O4S/c1-3-25(4-2)30(27,28)18-8-9-20(24-10-12-29-13-11-24)19(15-18)21(26)23-17-7-5-6-16(22)14-17/h5-9,14-15H,3-4,10-13H2,1-2H3,(H,23,26). The smallest absolute Gasteiger partial charge is 0.257 e. The number of halogens is 1. The predicted octanol–water partition coefficient (Wildman–Crippen LogP) is 3.57. The summed E-state index contributed by atoms with van der Waals surface area (Å²) >= 11 is 3.40. The Morgan fingerprint density at radius 3 is 2.47 bits per heavy atom. The Morgan fingerprint density at radius 1 is 1.13 bits per heavy atom. The van der Waals surface area contributed by atoms with E-state index in [2.05, 4.69) is 21.2 Å². The summed E-state index contributed by atoms with van der Waals surface area (Å²) in [6.45, 7) is 6.72. The molecule has 1 saturated heterocycles. The Kier molecular flexibility index (Phi) is 7.51. The first-order valence-corrected chi connectivity index (χ1v) is 12.1. The van der Waals surface area contributed by atoms with E-state index in [-0.39, 0.29) is 10.8 Å². The Hall–Kier alpha value is -1.94. The minimum absolute atomic E-state index is 0.114. The highest BCUT2D eigenvalue weighted by molar-refractivity contribution is 9.10. The molecule has 1 aliphatic heterocycles. The molecule has 1 heterocycles. The van der Waals surface area contributed by atoms with Gasteiger partial charge in [-0.1, -0.05) is 35.8 Å². The maximum atomic E-state index is 13.2. The van der Waals surface area contributed by atoms with Crippen LogP contribution in [0.2, 0.25) is 0 Å². The van der Waals surface area contributed by atoms with Gasteiger partial charge in [0.1, 0.15) is 0 Å². The van der Waals surface area contributed by atoms with E-state index in [1.54, 1.807) is 38.1 Å². The number of ether oxygens (including phenoxy) is 1. The number of hydrogen-bond acceptors (Lipinski definition) is 5. The van der Waals surface area contributed by atoms with E-state index in [1.165, 1.54) is 10.4 Å². The molecule has 0 atom stereocenters. The van der Waals surface area contributed by atoms with Crippen molar-refractivity contribution in [2.75, 3.05) is 49.6 Å². The second-order valence-corrected chi connectivity index (χ2v) is 9.69. The van der Waals surface area contributed by atoms with Crippen molar-refractivity contribution < 1.29 is 17.9 Å². The second-order valence-electron chi connectivity index (χ2n) is 6.83. The van der Waals surface area contributed by atoms with Crippen LogP contribution in [0.4, 0.5) is 11.4 Å². The summed E-state index contributed by atoms with van der Waals surface area (Å²) in [6.07, 6.45) is 0. The van der Waals surface area contributed by atoms with Gasteiger partial charge in [0.25, 0.3) is 5.91 Å². The highest BCUT2D eigenvalue weighted by Crippen LogP contribution is 2.28. The van der Waals surface area contributed by atoms with Gasteiger partial charge in [0, 0.05) is 42.0 Å². The van der Waals surface area contributed by atoms with Crippen molar-refractivity contribution in [3.05, 3.63) is 52.5 Å². The zero-order chi connectivity index (χ0) is 21.7. The molecule has 1 N–H and O–H groups in total. The van der Waals surface area contributed by atoms with Crippen LogP contribution in [-0.4, -0.2) is 58.0 Å². The monoisotopic (exact) mass is 495 g/mol. The van der Waals surface area contributed by atoms with E-state index in [4.69, 9.17) is 4.74 Å². The van der Waals surface area contributed by atoms with Crippen molar-refractivity contribution in [2.24, 2.45) is 0 Å². The van der Waals surface area contributed by atoms with Crippen molar-refractivity contribution in [3.8, 4) is 0 Å². The fourth-order valence-electron chi connectivity index (χ4n) is 3.41. The molecule has 30 heavy (non-hydrogen) atoms. The van der Waals surface area contributed by atoms with Crippen LogP contribution in [0.3, 0.4) is 0 Å². The van der Waals surface area contributed by atoms with Crippen molar-refractivity contribution in [2.45, 2.75) is 18.7 Å². The molecule has 0 aliphatic carbocycles. The number of nitrogens with zero attached hydrogens (tertiary/aromatic N) is 2. The molecule has 1 amide bonds. The van der Waals surface area contributed by atoms with Crippen LogP contribution in [-0.2, 0) is 14.8 Å². The molecule has 0 saturated carbocycles. The van der Waals surface area contributed by atoms with Gasteiger partial charge in [0.2, 0.25) is 10.0 Å². The molecule has 1 fully saturated rings. The molecular weight excluding hydrogens is 470 g/mol. The zero-order valence-corrected chi connectivity index (χ0v) is 19.5. The van der Waals surface area contributed by atoms with Crippen molar-refractivity contribution in [1.82, 2.24) is 4.31 Å². The van der Waals surface area contributed by atoms with Crippen LogP contribution >= 0.6 is 15.9 Å². The lowest BCUT2D eigenvalue weighted by atomic mass is 10.1. The number of sulfonamides is 1. The van der Waals surface area contributed by atoms with E-state index in [9.17, 15) is 13.2 Å². The van der Waals surface area contributed by atoms with E-state index in [0.717, 1.165) is 4.47 Å². The summed E-state index contributed by atoms with van der Waals surface area (Å²) in [6, 6.07) is 12.0. The maximum absolute atomic E-state index is 13.2. The summed E-state index contributed by atoms with van der Waals surface area (Å²) in [5, 5.41) is 2.88. The van der Waals surface area contributed by atoms with Gasteiger partial charge in [-0.05, 0) is 36.4 Å². The molecule has 0 spiro atoms. The minimum atomic E-state index is -3.68. The molecule has 9 heteroatoms. The Morgan fingerprint density at radius 2 is 1.83 bits per heavy atom. The lowest BCUT2D eigenvalue weighted by molar-refractivity contribution is 0.102. The first-order valence-electron chi connectivity index (χ1n) is 9.90. The van der Waals surface area contributed by atoms with Gasteiger partial charge < -0.3 is 15.0 Å². The third kappa shape index (κ3) is 5.03. The van der Waals surface area contributed by atoms with Crippen molar-refractivity contribution >= 4 is 43.2 Å². The van der Waals surface area contributed by atoms with Crippen molar-refractivity contribution in [1.29, 1.82) is 0 Å². The highest BCUT2D eigenvalue weighted by atomic mass is 79.9. The SMILES string of the molecule is CCN(CC)S(=O)(=O)c1ccc(N2CCOCC2)c(C(=O)Nc2cccc(Br)c2)c1. The lowest BCUT2D eigenvalue weighted by Crippen LogP contribution is -2.37. The van der Waals surface area contributed by atoms with Gasteiger partial charge in [-0.2, -0.15) is 4.31 Å². The van der Waals surface area contributed by atoms with Gasteiger partial charge in [-0.15, -0.1) is 0 Å². The summed E-state index contributed by atoms with van der Waals surface area (Å²) in [5.74, 6) is -0.355. The molecule has 162 valence electrons. The molecule has 7 nitrogen and oxygen atoms in total. The fourth-order valence-corrected chi connectivity index (χ4v) is 5.30. The van der Waals surface area contributed by atoms with Crippen LogP contribution < -0.4 is 10.2 Å². The topological polar surface area (TPSA) is 79.0 Å². The molecule has 0 radical (unpaired) electrons. The third-order valence-electron chi connectivity index (χ3n) is 4.99. The van der Waals surface area contributed by atoms with Crippen molar-refractivity contribution in [3.63, 3.8) is 0 Å². The van der Waals surface area contributed by atoms with Crippen LogP contribution in [0.15, 0.2) is 51.8 Å². The molecule has 1 aliphatic rings. The number of carbonyl (C=O) groups is 1. The van der Waals surface area contributed by atoms with E-state index in [1.807, 2.05) is 17.0 Å². The number of morpholine rings is 1. The molecule has 0 bridgehead atoms. The Labute approximate surface area is 186 Å². The number of amides is 1. The average Bonchev–Trinajstić information content (AvgIpc) is 2.74. The average molecular weight is 496 g/mol. The number of nitrogens with one attached hydrogen (secondary N) is 1.